The summed E-state index contributed by atoms with van der Waals surface area (Å²) in [6.45, 7) is 5.37. The number of ketones is 1. The molecule has 0 aliphatic carbocycles. The Bertz CT molecular complexity index is 478. The molecule has 0 aliphatic heterocycles. The van der Waals surface area contributed by atoms with E-state index >= 15 is 0 Å². The Balaban J connectivity index is 2.84. The highest BCUT2D eigenvalue weighted by molar-refractivity contribution is 5.83. The van der Waals surface area contributed by atoms with Gasteiger partial charge in [-0.1, -0.05) is 32.9 Å². The van der Waals surface area contributed by atoms with Gasteiger partial charge in [0, 0.05) is 17.9 Å². The highest BCUT2D eigenvalue weighted by Gasteiger charge is 2.22. The third kappa shape index (κ3) is 3.35. The molecular formula is C13H16FNO3. The predicted molar refractivity (Wildman–Crippen MR) is 65.8 cm³/mol. The minimum Gasteiger partial charge on any atom is -0.299 e. The average Bonchev–Trinajstić information content (AvgIpc) is 2.25. The van der Waals surface area contributed by atoms with E-state index in [1.807, 2.05) is 0 Å². The van der Waals surface area contributed by atoms with Crippen LogP contribution in [0.5, 0.6) is 0 Å². The smallest absolute Gasteiger partial charge is 0.299 e. The normalized spacial score (nSPS) is 11.3. The molecule has 18 heavy (non-hydrogen) atoms. The molecule has 1 aromatic carbocycles. The molecule has 0 saturated heterocycles. The van der Waals surface area contributed by atoms with Crippen LogP contribution < -0.4 is 0 Å². The average molecular weight is 253 g/mol. The number of carbonyl (C=O) groups excluding carboxylic acids is 1. The number of hydrogen-bond donors (Lipinski definition) is 0. The third-order valence-corrected chi connectivity index (χ3v) is 2.71. The summed E-state index contributed by atoms with van der Waals surface area (Å²) in [5.74, 6) is -0.836. The molecule has 0 amide bonds. The molecule has 0 N–H and O–H groups in total. The number of benzene rings is 1. The molecule has 0 spiro atoms. The van der Waals surface area contributed by atoms with E-state index in [-0.39, 0.29) is 24.2 Å². The summed E-state index contributed by atoms with van der Waals surface area (Å²) in [7, 11) is 0. The quantitative estimate of drug-likeness (QED) is 0.611. The summed E-state index contributed by atoms with van der Waals surface area (Å²) < 4.78 is 13.7. The SMILES string of the molecule is CC(C)(C)C(=O)CCc1cccc([N+](=O)[O-])c1F. The molecule has 5 heteroatoms. The van der Waals surface area contributed by atoms with Gasteiger partial charge < -0.3 is 0 Å². The van der Waals surface area contributed by atoms with Crippen LogP contribution in [0.1, 0.15) is 32.8 Å². The minimum absolute atomic E-state index is 0.00778. The Morgan fingerprint density at radius 1 is 1.39 bits per heavy atom. The summed E-state index contributed by atoms with van der Waals surface area (Å²) in [5, 5.41) is 10.6. The second-order valence-corrected chi connectivity index (χ2v) is 5.18. The van der Waals surface area contributed by atoms with Gasteiger partial charge >= 0.3 is 5.69 Å². The number of halogens is 1. The lowest BCUT2D eigenvalue weighted by Crippen LogP contribution is -2.20. The summed E-state index contributed by atoms with van der Waals surface area (Å²) in [6.07, 6.45) is 0.366. The van der Waals surface area contributed by atoms with E-state index in [9.17, 15) is 19.3 Å². The van der Waals surface area contributed by atoms with Crippen LogP contribution >= 0.6 is 0 Å². The summed E-state index contributed by atoms with van der Waals surface area (Å²) in [5.41, 5.74) is -0.811. The van der Waals surface area contributed by atoms with Crippen molar-refractivity contribution in [2.75, 3.05) is 0 Å². The van der Waals surface area contributed by atoms with Crippen molar-refractivity contribution in [3.8, 4) is 0 Å². The number of carbonyl (C=O) groups is 1. The maximum Gasteiger partial charge on any atom is 0.305 e. The number of nitro groups is 1. The van der Waals surface area contributed by atoms with Gasteiger partial charge in [-0.05, 0) is 12.0 Å². The van der Waals surface area contributed by atoms with Crippen molar-refractivity contribution in [3.63, 3.8) is 0 Å². The van der Waals surface area contributed by atoms with E-state index in [1.165, 1.54) is 12.1 Å². The molecule has 1 aromatic rings. The first-order valence-electron chi connectivity index (χ1n) is 5.68. The van der Waals surface area contributed by atoms with E-state index in [2.05, 4.69) is 0 Å². The largest absolute Gasteiger partial charge is 0.305 e. The Morgan fingerprint density at radius 2 is 2.00 bits per heavy atom. The Morgan fingerprint density at radius 3 is 2.50 bits per heavy atom. The van der Waals surface area contributed by atoms with Crippen LogP contribution in [0.3, 0.4) is 0 Å². The van der Waals surface area contributed by atoms with Crippen LogP contribution in [0.25, 0.3) is 0 Å². The van der Waals surface area contributed by atoms with E-state index in [4.69, 9.17) is 0 Å². The van der Waals surface area contributed by atoms with E-state index in [0.29, 0.717) is 0 Å². The fraction of sp³-hybridized carbons (Fsp3) is 0.462. The van der Waals surface area contributed by atoms with Gasteiger partial charge in [0.15, 0.2) is 0 Å². The predicted octanol–water partition coefficient (Wildman–Crippen LogP) is 3.28. The molecule has 0 aromatic heterocycles. The van der Waals surface area contributed by atoms with Gasteiger partial charge in [0.25, 0.3) is 0 Å². The van der Waals surface area contributed by atoms with Crippen molar-refractivity contribution in [2.45, 2.75) is 33.6 Å². The lowest BCUT2D eigenvalue weighted by atomic mass is 9.87. The van der Waals surface area contributed by atoms with Crippen LogP contribution in [0, 0.1) is 21.3 Å². The lowest BCUT2D eigenvalue weighted by Gasteiger charge is -2.16. The lowest BCUT2D eigenvalue weighted by molar-refractivity contribution is -0.387. The van der Waals surface area contributed by atoms with Crippen LogP contribution in [0.4, 0.5) is 10.1 Å². The first-order valence-corrected chi connectivity index (χ1v) is 5.68. The van der Waals surface area contributed by atoms with Gasteiger partial charge in [0.2, 0.25) is 5.82 Å². The van der Waals surface area contributed by atoms with Crippen molar-refractivity contribution in [2.24, 2.45) is 5.41 Å². The Hall–Kier alpha value is -1.78. The van der Waals surface area contributed by atoms with Crippen molar-refractivity contribution >= 4 is 11.5 Å². The van der Waals surface area contributed by atoms with Crippen molar-refractivity contribution < 1.29 is 14.1 Å². The standard InChI is InChI=1S/C13H16FNO3/c1-13(2,3)11(16)8-7-9-5-4-6-10(12(9)14)15(17)18/h4-6H,7-8H2,1-3H3. The molecule has 0 heterocycles. The van der Waals surface area contributed by atoms with E-state index < -0.39 is 21.8 Å². The summed E-state index contributed by atoms with van der Waals surface area (Å²) in [6, 6.07) is 4.01. The second-order valence-electron chi connectivity index (χ2n) is 5.18. The fourth-order valence-electron chi connectivity index (χ4n) is 1.52. The molecule has 0 atom stereocenters. The monoisotopic (exact) mass is 253 g/mol. The first-order chi connectivity index (χ1) is 8.23. The number of aryl methyl sites for hydroxylation is 1. The maximum atomic E-state index is 13.7. The Kier molecular flexibility index (Phi) is 4.16. The van der Waals surface area contributed by atoms with Crippen molar-refractivity contribution in [1.82, 2.24) is 0 Å². The molecule has 1 rings (SSSR count). The number of nitrogens with zero attached hydrogens (tertiary/aromatic N) is 1. The van der Waals surface area contributed by atoms with E-state index in [1.54, 1.807) is 20.8 Å². The van der Waals surface area contributed by atoms with E-state index in [0.717, 1.165) is 6.07 Å². The zero-order valence-electron chi connectivity index (χ0n) is 10.7. The number of Topliss-reactive ketones (excluding diaryl/α,β-unsaturated/α-hetero) is 1. The molecule has 0 fully saturated rings. The molecular weight excluding hydrogens is 237 g/mol. The molecule has 0 unspecified atom stereocenters. The molecule has 0 aliphatic rings. The molecule has 4 nitrogen and oxygen atoms in total. The second kappa shape index (κ2) is 5.25. The zero-order chi connectivity index (χ0) is 13.9. The van der Waals surface area contributed by atoms with Gasteiger partial charge in [0.1, 0.15) is 5.78 Å². The van der Waals surface area contributed by atoms with Gasteiger partial charge in [0.05, 0.1) is 4.92 Å². The highest BCUT2D eigenvalue weighted by Crippen LogP contribution is 2.23. The summed E-state index contributed by atoms with van der Waals surface area (Å²) in [4.78, 5) is 21.5. The first kappa shape index (κ1) is 14.3. The summed E-state index contributed by atoms with van der Waals surface area (Å²) >= 11 is 0. The van der Waals surface area contributed by atoms with Gasteiger partial charge in [-0.2, -0.15) is 4.39 Å². The highest BCUT2D eigenvalue weighted by atomic mass is 19.1. The maximum absolute atomic E-state index is 13.7. The minimum atomic E-state index is -0.843. The zero-order valence-corrected chi connectivity index (χ0v) is 10.7. The Labute approximate surface area is 105 Å². The van der Waals surface area contributed by atoms with Crippen molar-refractivity contribution in [1.29, 1.82) is 0 Å². The van der Waals surface area contributed by atoms with Crippen LogP contribution in [-0.2, 0) is 11.2 Å². The third-order valence-electron chi connectivity index (χ3n) is 2.71. The van der Waals surface area contributed by atoms with Crippen molar-refractivity contribution in [3.05, 3.63) is 39.7 Å². The topological polar surface area (TPSA) is 60.2 Å². The number of nitro benzene ring substituents is 1. The van der Waals surface area contributed by atoms with Gasteiger partial charge in [-0.15, -0.1) is 0 Å². The van der Waals surface area contributed by atoms with Crippen LogP contribution in [-0.4, -0.2) is 10.7 Å². The van der Waals surface area contributed by atoms with Gasteiger partial charge in [-0.25, -0.2) is 0 Å². The van der Waals surface area contributed by atoms with Gasteiger partial charge in [-0.3, -0.25) is 14.9 Å². The molecule has 0 bridgehead atoms. The van der Waals surface area contributed by atoms with Crippen LogP contribution in [0.2, 0.25) is 0 Å². The molecule has 98 valence electrons. The fourth-order valence-corrected chi connectivity index (χ4v) is 1.52. The molecule has 0 saturated carbocycles. The molecule has 0 radical (unpaired) electrons. The van der Waals surface area contributed by atoms with Crippen LogP contribution in [0.15, 0.2) is 18.2 Å². The number of rotatable bonds is 4. The number of hydrogen-bond acceptors (Lipinski definition) is 3.